The van der Waals surface area contributed by atoms with Crippen molar-refractivity contribution in [3.05, 3.63) is 71.4 Å². The normalized spacial score (nSPS) is 13.0. The lowest BCUT2D eigenvalue weighted by Crippen LogP contribution is -3.12. The molecule has 3 rings (SSSR count). The first-order valence-electron chi connectivity index (χ1n) is 9.08. The Hall–Kier alpha value is -2.76. The van der Waals surface area contributed by atoms with Crippen LogP contribution in [0.15, 0.2) is 65.1 Å². The number of furan rings is 1. The van der Waals surface area contributed by atoms with Crippen LogP contribution in [0, 0.1) is 0 Å². The molecule has 6 heteroatoms. The standard InChI is InChI=1S/C22H23ClN2O3/c1-15(22(26)24-19-6-4-5-7-21(19)27-3)25(2)14-18-12-13-20(28-18)16-8-10-17(23)11-9-16/h4-13,15H,14H2,1-3H3,(H,24,26)/p+1/t15-/m1/s1. The van der Waals surface area contributed by atoms with Crippen LogP contribution in [-0.2, 0) is 11.3 Å². The maximum Gasteiger partial charge on any atom is 0.282 e. The van der Waals surface area contributed by atoms with Crippen molar-refractivity contribution < 1.29 is 18.8 Å². The molecular formula is C22H24ClN2O3+. The lowest BCUT2D eigenvalue weighted by atomic mass is 10.2. The number of anilines is 1. The predicted molar refractivity (Wildman–Crippen MR) is 111 cm³/mol. The van der Waals surface area contributed by atoms with E-state index in [2.05, 4.69) is 5.32 Å². The minimum atomic E-state index is -0.269. The molecule has 28 heavy (non-hydrogen) atoms. The van der Waals surface area contributed by atoms with Gasteiger partial charge in [0.25, 0.3) is 5.91 Å². The van der Waals surface area contributed by atoms with Gasteiger partial charge >= 0.3 is 0 Å². The summed E-state index contributed by atoms with van der Waals surface area (Å²) in [6.45, 7) is 2.48. The summed E-state index contributed by atoms with van der Waals surface area (Å²) in [5.41, 5.74) is 1.63. The molecule has 0 aliphatic heterocycles. The Bertz CT molecular complexity index is 937. The number of carbonyl (C=O) groups is 1. The van der Waals surface area contributed by atoms with Gasteiger partial charge in [0, 0.05) is 10.6 Å². The number of rotatable bonds is 7. The Labute approximate surface area is 169 Å². The van der Waals surface area contributed by atoms with Gasteiger partial charge in [-0.3, -0.25) is 4.79 Å². The van der Waals surface area contributed by atoms with Crippen LogP contribution in [-0.4, -0.2) is 26.1 Å². The van der Waals surface area contributed by atoms with Gasteiger partial charge in [0.05, 0.1) is 19.8 Å². The van der Waals surface area contributed by atoms with E-state index in [0.29, 0.717) is 23.0 Å². The number of quaternary nitrogens is 1. The van der Waals surface area contributed by atoms with E-state index < -0.39 is 0 Å². The van der Waals surface area contributed by atoms with Crippen molar-refractivity contribution in [3.63, 3.8) is 0 Å². The summed E-state index contributed by atoms with van der Waals surface area (Å²) >= 11 is 5.94. The van der Waals surface area contributed by atoms with E-state index in [1.165, 1.54) is 0 Å². The molecule has 0 saturated heterocycles. The first-order valence-corrected chi connectivity index (χ1v) is 9.46. The van der Waals surface area contributed by atoms with Gasteiger partial charge in [-0.25, -0.2) is 0 Å². The fraction of sp³-hybridized carbons (Fsp3) is 0.227. The van der Waals surface area contributed by atoms with Gasteiger partial charge in [0.2, 0.25) is 0 Å². The molecule has 1 unspecified atom stereocenters. The third kappa shape index (κ3) is 4.74. The van der Waals surface area contributed by atoms with Crippen LogP contribution < -0.4 is 15.0 Å². The van der Waals surface area contributed by atoms with E-state index >= 15 is 0 Å². The zero-order valence-corrected chi connectivity index (χ0v) is 16.9. The van der Waals surface area contributed by atoms with Crippen molar-refractivity contribution in [1.82, 2.24) is 0 Å². The van der Waals surface area contributed by atoms with Crippen molar-refractivity contribution in [2.24, 2.45) is 0 Å². The molecule has 5 nitrogen and oxygen atoms in total. The Morgan fingerprint density at radius 2 is 1.86 bits per heavy atom. The third-order valence-corrected chi connectivity index (χ3v) is 4.99. The van der Waals surface area contributed by atoms with Crippen LogP contribution in [0.4, 0.5) is 5.69 Å². The first-order chi connectivity index (χ1) is 13.5. The van der Waals surface area contributed by atoms with E-state index in [4.69, 9.17) is 20.8 Å². The summed E-state index contributed by atoms with van der Waals surface area (Å²) in [6.07, 6.45) is 0. The van der Waals surface area contributed by atoms with Gasteiger partial charge in [0.1, 0.15) is 18.1 Å². The third-order valence-electron chi connectivity index (χ3n) is 4.74. The van der Waals surface area contributed by atoms with E-state index in [-0.39, 0.29) is 11.9 Å². The summed E-state index contributed by atoms with van der Waals surface area (Å²) in [4.78, 5) is 13.7. The second-order valence-electron chi connectivity index (χ2n) is 6.71. The van der Waals surface area contributed by atoms with Gasteiger partial charge < -0.3 is 19.4 Å². The molecule has 0 aliphatic rings. The number of hydrogen-bond donors (Lipinski definition) is 2. The van der Waals surface area contributed by atoms with Crippen molar-refractivity contribution >= 4 is 23.2 Å². The zero-order valence-electron chi connectivity index (χ0n) is 16.2. The number of ether oxygens (including phenoxy) is 1. The van der Waals surface area contributed by atoms with Crippen LogP contribution in [0.2, 0.25) is 5.02 Å². The molecule has 0 bridgehead atoms. The van der Waals surface area contributed by atoms with Crippen molar-refractivity contribution in [3.8, 4) is 17.1 Å². The maximum absolute atomic E-state index is 12.6. The molecule has 146 valence electrons. The number of benzene rings is 2. The average molecular weight is 400 g/mol. The Morgan fingerprint density at radius 3 is 2.57 bits per heavy atom. The number of likely N-dealkylation sites (N-methyl/N-ethyl adjacent to an activating group) is 1. The minimum absolute atomic E-state index is 0.0773. The second kappa shape index (κ2) is 8.95. The van der Waals surface area contributed by atoms with E-state index in [9.17, 15) is 4.79 Å². The average Bonchev–Trinajstić information content (AvgIpc) is 3.16. The maximum atomic E-state index is 12.6. The number of hydrogen-bond acceptors (Lipinski definition) is 3. The largest absolute Gasteiger partial charge is 0.495 e. The van der Waals surface area contributed by atoms with Gasteiger partial charge in [-0.2, -0.15) is 0 Å². The molecule has 0 fully saturated rings. The van der Waals surface area contributed by atoms with E-state index in [1.54, 1.807) is 7.11 Å². The number of amides is 1. The molecule has 2 N–H and O–H groups in total. The van der Waals surface area contributed by atoms with Gasteiger partial charge in [0.15, 0.2) is 11.8 Å². The molecule has 1 heterocycles. The highest BCUT2D eigenvalue weighted by Crippen LogP contribution is 2.24. The Morgan fingerprint density at radius 1 is 1.14 bits per heavy atom. The summed E-state index contributed by atoms with van der Waals surface area (Å²) in [7, 11) is 3.55. The lowest BCUT2D eigenvalue weighted by molar-refractivity contribution is -0.908. The predicted octanol–water partition coefficient (Wildman–Crippen LogP) is 3.65. The SMILES string of the molecule is COc1ccccc1NC(=O)[C@@H](C)[NH+](C)Cc1ccc(-c2ccc(Cl)cc2)o1. The number of carbonyl (C=O) groups excluding carboxylic acids is 1. The summed E-state index contributed by atoms with van der Waals surface area (Å²) < 4.78 is 11.2. The number of para-hydroxylation sites is 2. The van der Waals surface area contributed by atoms with E-state index in [0.717, 1.165) is 22.0 Å². The molecular weight excluding hydrogens is 376 g/mol. The van der Waals surface area contributed by atoms with Crippen molar-refractivity contribution in [2.45, 2.75) is 19.5 Å². The molecule has 0 spiro atoms. The molecule has 1 amide bonds. The molecule has 0 radical (unpaired) electrons. The molecule has 0 saturated carbocycles. The van der Waals surface area contributed by atoms with Crippen molar-refractivity contribution in [2.75, 3.05) is 19.5 Å². The fourth-order valence-electron chi connectivity index (χ4n) is 2.88. The highest BCUT2D eigenvalue weighted by Gasteiger charge is 2.24. The second-order valence-corrected chi connectivity index (χ2v) is 7.14. The zero-order chi connectivity index (χ0) is 20.1. The number of halogens is 1. The molecule has 0 aliphatic carbocycles. The fourth-order valence-corrected chi connectivity index (χ4v) is 3.01. The van der Waals surface area contributed by atoms with Gasteiger partial charge in [-0.05, 0) is 55.5 Å². The van der Waals surface area contributed by atoms with Crippen LogP contribution in [0.5, 0.6) is 5.75 Å². The van der Waals surface area contributed by atoms with Crippen LogP contribution in [0.1, 0.15) is 12.7 Å². The number of methoxy groups -OCH3 is 1. The summed E-state index contributed by atoms with van der Waals surface area (Å²) in [5.74, 6) is 2.16. The van der Waals surface area contributed by atoms with Crippen molar-refractivity contribution in [1.29, 1.82) is 0 Å². The van der Waals surface area contributed by atoms with Crippen LogP contribution >= 0.6 is 11.6 Å². The Kier molecular flexibility index (Phi) is 6.39. The highest BCUT2D eigenvalue weighted by molar-refractivity contribution is 6.30. The molecule has 3 aromatic rings. The smallest absolute Gasteiger partial charge is 0.282 e. The van der Waals surface area contributed by atoms with Crippen LogP contribution in [0.3, 0.4) is 0 Å². The quantitative estimate of drug-likeness (QED) is 0.637. The highest BCUT2D eigenvalue weighted by atomic mass is 35.5. The van der Waals surface area contributed by atoms with Gasteiger partial charge in [-0.15, -0.1) is 0 Å². The Balaban J connectivity index is 1.63. The lowest BCUT2D eigenvalue weighted by Gasteiger charge is -2.20. The molecule has 2 aromatic carbocycles. The van der Waals surface area contributed by atoms with E-state index in [1.807, 2.05) is 74.6 Å². The van der Waals surface area contributed by atoms with Crippen LogP contribution in [0.25, 0.3) is 11.3 Å². The van der Waals surface area contributed by atoms with Gasteiger partial charge in [-0.1, -0.05) is 23.7 Å². The minimum Gasteiger partial charge on any atom is -0.495 e. The monoisotopic (exact) mass is 399 g/mol. The molecule has 2 atom stereocenters. The first kappa shape index (κ1) is 20.0. The topological polar surface area (TPSA) is 55.9 Å². The summed E-state index contributed by atoms with van der Waals surface area (Å²) in [6, 6.07) is 18.5. The molecule has 1 aromatic heterocycles. The summed E-state index contributed by atoms with van der Waals surface area (Å²) in [5, 5.41) is 3.63. The number of nitrogens with one attached hydrogen (secondary N) is 2.